The number of sulfonamides is 1. The van der Waals surface area contributed by atoms with E-state index in [4.69, 9.17) is 0 Å². The van der Waals surface area contributed by atoms with Crippen molar-refractivity contribution in [3.05, 3.63) is 24.4 Å². The Bertz CT molecular complexity index is 807. The minimum absolute atomic E-state index is 0.0759. The van der Waals surface area contributed by atoms with Crippen molar-refractivity contribution in [2.45, 2.75) is 51.5 Å². The highest BCUT2D eigenvalue weighted by Gasteiger charge is 2.39. The number of piperidine rings is 2. The predicted octanol–water partition coefficient (Wildman–Crippen LogP) is 1.85. The fraction of sp³-hybridized carbons (Fsp3) is 0.650. The van der Waals surface area contributed by atoms with E-state index >= 15 is 0 Å². The van der Waals surface area contributed by atoms with Crippen LogP contribution in [0.2, 0.25) is 0 Å². The summed E-state index contributed by atoms with van der Waals surface area (Å²) in [5.74, 6) is 0.225. The number of rotatable bonds is 6. The number of nitrogens with zero attached hydrogens (tertiary/aromatic N) is 3. The maximum absolute atomic E-state index is 13.1. The van der Waals surface area contributed by atoms with Crippen molar-refractivity contribution in [1.29, 1.82) is 0 Å². The Morgan fingerprint density at radius 2 is 1.90 bits per heavy atom. The summed E-state index contributed by atoms with van der Waals surface area (Å²) in [6.45, 7) is 3.19. The SMILES string of the molecule is CCCS(=O)(=O)N1CCCCC1C(=O)N1CCC(C(=O)Nc2ccccn2)CC1. The Balaban J connectivity index is 1.58. The molecule has 0 bridgehead atoms. The van der Waals surface area contributed by atoms with E-state index in [1.807, 2.05) is 13.0 Å². The van der Waals surface area contributed by atoms with Gasteiger partial charge in [-0.2, -0.15) is 4.31 Å². The van der Waals surface area contributed by atoms with Gasteiger partial charge in [-0.25, -0.2) is 13.4 Å². The maximum Gasteiger partial charge on any atom is 0.241 e. The van der Waals surface area contributed by atoms with E-state index in [1.165, 1.54) is 4.31 Å². The lowest BCUT2D eigenvalue weighted by Gasteiger charge is -2.39. The molecule has 2 amide bonds. The van der Waals surface area contributed by atoms with E-state index in [-0.39, 0.29) is 23.5 Å². The third-order valence-electron chi connectivity index (χ3n) is 5.65. The number of anilines is 1. The zero-order valence-electron chi connectivity index (χ0n) is 16.9. The van der Waals surface area contributed by atoms with Crippen molar-refractivity contribution < 1.29 is 18.0 Å². The highest BCUT2D eigenvalue weighted by Crippen LogP contribution is 2.26. The molecule has 160 valence electrons. The molecule has 1 N–H and O–H groups in total. The average Bonchev–Trinajstić information content (AvgIpc) is 2.74. The number of hydrogen-bond donors (Lipinski definition) is 1. The van der Waals surface area contributed by atoms with Gasteiger partial charge in [-0.15, -0.1) is 0 Å². The third-order valence-corrected chi connectivity index (χ3v) is 7.73. The quantitative estimate of drug-likeness (QED) is 0.754. The van der Waals surface area contributed by atoms with Gasteiger partial charge in [0.15, 0.2) is 0 Å². The second-order valence-corrected chi connectivity index (χ2v) is 9.78. The molecule has 2 aliphatic rings. The maximum atomic E-state index is 13.1. The molecule has 29 heavy (non-hydrogen) atoms. The predicted molar refractivity (Wildman–Crippen MR) is 111 cm³/mol. The lowest BCUT2D eigenvalue weighted by Crippen LogP contribution is -2.55. The molecule has 3 rings (SSSR count). The monoisotopic (exact) mass is 422 g/mol. The van der Waals surface area contributed by atoms with Crippen LogP contribution in [0.1, 0.15) is 45.4 Å². The number of aromatic nitrogens is 1. The second kappa shape index (κ2) is 9.67. The molecular weight excluding hydrogens is 392 g/mol. The summed E-state index contributed by atoms with van der Waals surface area (Å²) in [6, 6.07) is 4.74. The zero-order chi connectivity index (χ0) is 20.9. The lowest BCUT2D eigenvalue weighted by atomic mass is 9.94. The fourth-order valence-electron chi connectivity index (χ4n) is 4.10. The number of carbonyl (C=O) groups is 2. The fourth-order valence-corrected chi connectivity index (χ4v) is 5.84. The molecular formula is C20H30N4O4S. The van der Waals surface area contributed by atoms with Gasteiger partial charge in [0, 0.05) is 31.7 Å². The molecule has 1 atom stereocenters. The van der Waals surface area contributed by atoms with Crippen molar-refractivity contribution in [1.82, 2.24) is 14.2 Å². The van der Waals surface area contributed by atoms with Crippen LogP contribution < -0.4 is 5.32 Å². The standard InChI is InChI=1S/C20H30N4O4S/c1-2-15-29(27,28)24-12-6-4-7-17(24)20(26)23-13-9-16(10-14-23)19(25)22-18-8-3-5-11-21-18/h3,5,8,11,16-17H,2,4,6-7,9-10,12-15H2,1H3,(H,21,22,25). The van der Waals surface area contributed by atoms with Crippen molar-refractivity contribution >= 4 is 27.7 Å². The molecule has 1 aromatic heterocycles. The topological polar surface area (TPSA) is 99.7 Å². The molecule has 2 fully saturated rings. The lowest BCUT2D eigenvalue weighted by molar-refractivity contribution is -0.139. The Morgan fingerprint density at radius 3 is 2.55 bits per heavy atom. The van der Waals surface area contributed by atoms with Crippen LogP contribution in [0.4, 0.5) is 5.82 Å². The second-order valence-electron chi connectivity index (χ2n) is 7.74. The van der Waals surface area contributed by atoms with Gasteiger partial charge < -0.3 is 10.2 Å². The van der Waals surface area contributed by atoms with Crippen LogP contribution >= 0.6 is 0 Å². The summed E-state index contributed by atoms with van der Waals surface area (Å²) in [5.41, 5.74) is 0. The summed E-state index contributed by atoms with van der Waals surface area (Å²) in [5, 5.41) is 2.82. The molecule has 2 aliphatic heterocycles. The third kappa shape index (κ3) is 5.33. The first-order valence-corrected chi connectivity index (χ1v) is 12.0. The normalized spacial score (nSPS) is 21.7. The first-order valence-electron chi connectivity index (χ1n) is 10.4. The molecule has 0 radical (unpaired) electrons. The molecule has 8 nitrogen and oxygen atoms in total. The largest absolute Gasteiger partial charge is 0.341 e. The molecule has 1 unspecified atom stereocenters. The molecule has 0 aliphatic carbocycles. The van der Waals surface area contributed by atoms with Gasteiger partial charge in [0.05, 0.1) is 5.75 Å². The number of likely N-dealkylation sites (tertiary alicyclic amines) is 1. The highest BCUT2D eigenvalue weighted by atomic mass is 32.2. The number of nitrogens with one attached hydrogen (secondary N) is 1. The zero-order valence-corrected chi connectivity index (χ0v) is 17.7. The van der Waals surface area contributed by atoms with E-state index in [0.29, 0.717) is 51.1 Å². The van der Waals surface area contributed by atoms with Gasteiger partial charge in [-0.05, 0) is 44.2 Å². The van der Waals surface area contributed by atoms with Crippen LogP contribution in [0.3, 0.4) is 0 Å². The van der Waals surface area contributed by atoms with E-state index < -0.39 is 16.1 Å². The van der Waals surface area contributed by atoms with Crippen LogP contribution in [0.15, 0.2) is 24.4 Å². The molecule has 0 spiro atoms. The molecule has 0 aromatic carbocycles. The van der Waals surface area contributed by atoms with Crippen LogP contribution in [0, 0.1) is 5.92 Å². The van der Waals surface area contributed by atoms with E-state index in [9.17, 15) is 18.0 Å². The van der Waals surface area contributed by atoms with Crippen molar-refractivity contribution in [3.63, 3.8) is 0 Å². The number of carbonyl (C=O) groups excluding carboxylic acids is 2. The summed E-state index contributed by atoms with van der Waals surface area (Å²) in [6.07, 6.45) is 5.52. The Labute approximate surface area is 172 Å². The Kier molecular flexibility index (Phi) is 7.23. The minimum atomic E-state index is -3.41. The van der Waals surface area contributed by atoms with Gasteiger partial charge in [0.25, 0.3) is 0 Å². The summed E-state index contributed by atoms with van der Waals surface area (Å²) >= 11 is 0. The van der Waals surface area contributed by atoms with Gasteiger partial charge in [0.1, 0.15) is 11.9 Å². The van der Waals surface area contributed by atoms with Gasteiger partial charge in [-0.1, -0.05) is 19.4 Å². The summed E-state index contributed by atoms with van der Waals surface area (Å²) in [7, 11) is -3.41. The van der Waals surface area contributed by atoms with E-state index in [1.54, 1.807) is 23.2 Å². The van der Waals surface area contributed by atoms with Crippen LogP contribution in [0.25, 0.3) is 0 Å². The average molecular weight is 423 g/mol. The summed E-state index contributed by atoms with van der Waals surface area (Å²) < 4.78 is 26.6. The smallest absolute Gasteiger partial charge is 0.241 e. The van der Waals surface area contributed by atoms with Gasteiger partial charge in [-0.3, -0.25) is 9.59 Å². The molecule has 1 aromatic rings. The van der Waals surface area contributed by atoms with Gasteiger partial charge in [0.2, 0.25) is 21.8 Å². The van der Waals surface area contributed by atoms with E-state index in [2.05, 4.69) is 10.3 Å². The van der Waals surface area contributed by atoms with Crippen LogP contribution in [-0.2, 0) is 19.6 Å². The van der Waals surface area contributed by atoms with Gasteiger partial charge >= 0.3 is 0 Å². The van der Waals surface area contributed by atoms with Crippen LogP contribution in [-0.4, -0.2) is 65.9 Å². The first-order chi connectivity index (χ1) is 13.9. The highest BCUT2D eigenvalue weighted by molar-refractivity contribution is 7.89. The molecule has 3 heterocycles. The molecule has 2 saturated heterocycles. The summed E-state index contributed by atoms with van der Waals surface area (Å²) in [4.78, 5) is 31.4. The molecule has 0 saturated carbocycles. The van der Waals surface area contributed by atoms with Crippen molar-refractivity contribution in [3.8, 4) is 0 Å². The van der Waals surface area contributed by atoms with E-state index in [0.717, 1.165) is 12.8 Å². The minimum Gasteiger partial charge on any atom is -0.341 e. The number of pyridine rings is 1. The van der Waals surface area contributed by atoms with Crippen LogP contribution in [0.5, 0.6) is 0 Å². The number of hydrogen-bond acceptors (Lipinski definition) is 5. The number of amides is 2. The molecule has 9 heteroatoms. The first kappa shape index (κ1) is 21.7. The Hall–Kier alpha value is -2.00. The van der Waals surface area contributed by atoms with Crippen molar-refractivity contribution in [2.24, 2.45) is 5.92 Å². The Morgan fingerprint density at radius 1 is 1.14 bits per heavy atom. The van der Waals surface area contributed by atoms with Crippen molar-refractivity contribution in [2.75, 3.05) is 30.7 Å².